The molecule has 3 aromatic carbocycles. The molecule has 0 fully saturated rings. The van der Waals surface area contributed by atoms with Crippen LogP contribution >= 0.6 is 0 Å². The predicted octanol–water partition coefficient (Wildman–Crippen LogP) is 5.28. The Hall–Kier alpha value is -3.72. The van der Waals surface area contributed by atoms with Crippen LogP contribution in [-0.4, -0.2) is 43.8 Å². The zero-order valence-electron chi connectivity index (χ0n) is 23.9. The monoisotopic (exact) mass is 567 g/mol. The maximum absolute atomic E-state index is 14.0. The van der Waals surface area contributed by atoms with Crippen molar-refractivity contribution in [3.8, 4) is 0 Å². The second-order valence-electron chi connectivity index (χ2n) is 10.3. The van der Waals surface area contributed by atoms with Crippen LogP contribution in [0.3, 0.4) is 0 Å². The molecule has 214 valence electrons. The van der Waals surface area contributed by atoms with Gasteiger partial charge in [0.05, 0.1) is 10.6 Å². The zero-order valence-corrected chi connectivity index (χ0v) is 24.8. The van der Waals surface area contributed by atoms with Gasteiger partial charge in [-0.15, -0.1) is 0 Å². The maximum atomic E-state index is 14.0. The lowest BCUT2D eigenvalue weighted by atomic mass is 10.1. The van der Waals surface area contributed by atoms with Gasteiger partial charge < -0.3 is 10.2 Å². The number of halogens is 1. The van der Waals surface area contributed by atoms with Gasteiger partial charge in [-0.3, -0.25) is 13.9 Å². The Morgan fingerprint density at radius 2 is 1.50 bits per heavy atom. The van der Waals surface area contributed by atoms with Crippen molar-refractivity contribution in [1.29, 1.82) is 0 Å². The average molecular weight is 568 g/mol. The number of amides is 2. The Labute approximate surface area is 237 Å². The number of aryl methyl sites for hydroxylation is 3. The molecule has 40 heavy (non-hydrogen) atoms. The van der Waals surface area contributed by atoms with Crippen molar-refractivity contribution in [2.75, 3.05) is 10.8 Å². The number of anilines is 1. The van der Waals surface area contributed by atoms with Crippen LogP contribution in [0.1, 0.15) is 49.4 Å². The fourth-order valence-corrected chi connectivity index (χ4v) is 5.64. The molecule has 1 N–H and O–H groups in total. The minimum absolute atomic E-state index is 0.000571. The summed E-state index contributed by atoms with van der Waals surface area (Å²) in [7, 11) is -4.15. The lowest BCUT2D eigenvalue weighted by molar-refractivity contribution is -0.139. The molecule has 9 heteroatoms. The Morgan fingerprint density at radius 3 is 2.10 bits per heavy atom. The van der Waals surface area contributed by atoms with Crippen molar-refractivity contribution in [3.05, 3.63) is 94.8 Å². The van der Waals surface area contributed by atoms with Crippen LogP contribution in [0.4, 0.5) is 10.1 Å². The average Bonchev–Trinajstić information content (AvgIpc) is 2.92. The molecule has 0 heterocycles. The van der Waals surface area contributed by atoms with E-state index in [1.54, 1.807) is 44.2 Å². The second-order valence-corrected chi connectivity index (χ2v) is 12.1. The van der Waals surface area contributed by atoms with Gasteiger partial charge in [-0.1, -0.05) is 48.9 Å². The van der Waals surface area contributed by atoms with Crippen molar-refractivity contribution in [1.82, 2.24) is 10.2 Å². The molecule has 0 aromatic heterocycles. The van der Waals surface area contributed by atoms with Crippen LogP contribution in [0.15, 0.2) is 71.6 Å². The van der Waals surface area contributed by atoms with E-state index >= 15 is 0 Å². The van der Waals surface area contributed by atoms with Crippen molar-refractivity contribution in [2.45, 2.75) is 71.5 Å². The SMILES string of the molecule is CC[C@H](C)NC(=O)[C@@H](C)N(Cc1ccc(F)cc1)C(=O)CN(c1cc(C)ccc1C)S(=O)(=O)c1ccc(C)cc1. The summed E-state index contributed by atoms with van der Waals surface area (Å²) >= 11 is 0. The van der Waals surface area contributed by atoms with Gasteiger partial charge in [0.15, 0.2) is 0 Å². The number of sulfonamides is 1. The Bertz CT molecular complexity index is 1440. The van der Waals surface area contributed by atoms with Gasteiger partial charge in [-0.05, 0) is 88.1 Å². The number of benzene rings is 3. The minimum atomic E-state index is -4.15. The van der Waals surface area contributed by atoms with E-state index in [9.17, 15) is 22.4 Å². The molecule has 0 radical (unpaired) electrons. The quantitative estimate of drug-likeness (QED) is 0.342. The highest BCUT2D eigenvalue weighted by atomic mass is 32.2. The zero-order chi connectivity index (χ0) is 29.6. The summed E-state index contributed by atoms with van der Waals surface area (Å²) in [5.74, 6) is -1.34. The third-order valence-electron chi connectivity index (χ3n) is 6.96. The fraction of sp³-hybridized carbons (Fsp3) is 0.355. The van der Waals surface area contributed by atoms with Gasteiger partial charge in [-0.25, -0.2) is 12.8 Å². The lowest BCUT2D eigenvalue weighted by Gasteiger charge is -2.33. The summed E-state index contributed by atoms with van der Waals surface area (Å²) in [6.07, 6.45) is 0.708. The summed E-state index contributed by atoms with van der Waals surface area (Å²) in [4.78, 5) is 28.5. The summed E-state index contributed by atoms with van der Waals surface area (Å²) in [5.41, 5.74) is 3.41. The van der Waals surface area contributed by atoms with Gasteiger partial charge in [0.25, 0.3) is 10.0 Å². The van der Waals surface area contributed by atoms with Crippen LogP contribution in [-0.2, 0) is 26.2 Å². The third kappa shape index (κ3) is 7.47. The number of nitrogens with one attached hydrogen (secondary N) is 1. The van der Waals surface area contributed by atoms with Crippen LogP contribution in [0.2, 0.25) is 0 Å². The number of carbonyl (C=O) groups is 2. The summed E-state index contributed by atoms with van der Waals surface area (Å²) in [6, 6.07) is 16.5. The molecule has 0 aliphatic rings. The molecule has 2 atom stereocenters. The molecular formula is C31H38FN3O4S. The first kappa shape index (κ1) is 30.8. The first-order chi connectivity index (χ1) is 18.8. The van der Waals surface area contributed by atoms with E-state index < -0.39 is 34.3 Å². The topological polar surface area (TPSA) is 86.8 Å². The second kappa shape index (κ2) is 13.1. The van der Waals surface area contributed by atoms with E-state index in [1.165, 1.54) is 29.2 Å². The van der Waals surface area contributed by atoms with E-state index in [4.69, 9.17) is 0 Å². The highest BCUT2D eigenvalue weighted by Gasteiger charge is 2.33. The van der Waals surface area contributed by atoms with Crippen LogP contribution < -0.4 is 9.62 Å². The fourth-order valence-electron chi connectivity index (χ4n) is 4.17. The van der Waals surface area contributed by atoms with Crippen molar-refractivity contribution >= 4 is 27.5 Å². The van der Waals surface area contributed by atoms with E-state index in [1.807, 2.05) is 39.8 Å². The number of rotatable bonds is 11. The Kier molecular flexibility index (Phi) is 10.1. The van der Waals surface area contributed by atoms with E-state index in [-0.39, 0.29) is 23.4 Å². The van der Waals surface area contributed by atoms with Crippen LogP contribution in [0.5, 0.6) is 0 Å². The molecular weight excluding hydrogens is 529 g/mol. The molecule has 0 bridgehead atoms. The van der Waals surface area contributed by atoms with Gasteiger partial charge in [0.1, 0.15) is 18.4 Å². The molecule has 0 saturated carbocycles. The van der Waals surface area contributed by atoms with Gasteiger partial charge in [-0.2, -0.15) is 0 Å². The molecule has 0 aliphatic heterocycles. The summed E-state index contributed by atoms with van der Waals surface area (Å²) in [6.45, 7) is 10.4. The van der Waals surface area contributed by atoms with Crippen LogP contribution in [0, 0.1) is 26.6 Å². The van der Waals surface area contributed by atoms with Crippen LogP contribution in [0.25, 0.3) is 0 Å². The standard InChI is InChI=1S/C31H38FN3O4S/c1-7-24(5)33-31(37)25(6)34(19-26-12-14-27(32)15-13-26)30(36)20-35(29-18-22(3)8-11-23(29)4)40(38,39)28-16-9-21(2)10-17-28/h8-18,24-25H,7,19-20H2,1-6H3,(H,33,37)/t24-,25+/m0/s1. The largest absolute Gasteiger partial charge is 0.352 e. The minimum Gasteiger partial charge on any atom is -0.352 e. The number of hydrogen-bond donors (Lipinski definition) is 1. The molecule has 7 nitrogen and oxygen atoms in total. The van der Waals surface area contributed by atoms with Gasteiger partial charge in [0.2, 0.25) is 11.8 Å². The Balaban J connectivity index is 2.06. The molecule has 0 unspecified atom stereocenters. The van der Waals surface area contributed by atoms with Crippen molar-refractivity contribution in [2.24, 2.45) is 0 Å². The molecule has 3 rings (SSSR count). The maximum Gasteiger partial charge on any atom is 0.264 e. The molecule has 0 aliphatic carbocycles. The third-order valence-corrected chi connectivity index (χ3v) is 8.73. The molecule has 0 spiro atoms. The van der Waals surface area contributed by atoms with Crippen molar-refractivity contribution in [3.63, 3.8) is 0 Å². The normalized spacial score (nSPS) is 12.9. The Morgan fingerprint density at radius 1 is 0.900 bits per heavy atom. The lowest BCUT2D eigenvalue weighted by Crippen LogP contribution is -2.52. The van der Waals surface area contributed by atoms with Gasteiger partial charge in [0, 0.05) is 12.6 Å². The summed E-state index contributed by atoms with van der Waals surface area (Å²) < 4.78 is 42.7. The molecule has 2 amide bonds. The van der Waals surface area contributed by atoms with Gasteiger partial charge >= 0.3 is 0 Å². The predicted molar refractivity (Wildman–Crippen MR) is 156 cm³/mol. The first-order valence-electron chi connectivity index (χ1n) is 13.3. The van der Waals surface area contributed by atoms with Crippen molar-refractivity contribution < 1.29 is 22.4 Å². The van der Waals surface area contributed by atoms with E-state index in [0.717, 1.165) is 15.4 Å². The van der Waals surface area contributed by atoms with E-state index in [2.05, 4.69) is 5.32 Å². The van der Waals surface area contributed by atoms with E-state index in [0.29, 0.717) is 23.2 Å². The number of carbonyl (C=O) groups excluding carboxylic acids is 2. The number of nitrogens with zero attached hydrogens (tertiary/aromatic N) is 2. The number of hydrogen-bond acceptors (Lipinski definition) is 4. The molecule has 3 aromatic rings. The highest BCUT2D eigenvalue weighted by molar-refractivity contribution is 7.92. The smallest absolute Gasteiger partial charge is 0.264 e. The molecule has 0 saturated heterocycles. The first-order valence-corrected chi connectivity index (χ1v) is 14.8. The summed E-state index contributed by atoms with van der Waals surface area (Å²) in [5, 5.41) is 2.90. The highest BCUT2D eigenvalue weighted by Crippen LogP contribution is 2.28.